The molecule has 1 aliphatic heterocycles. The second-order valence-electron chi connectivity index (χ2n) is 7.52. The van der Waals surface area contributed by atoms with Crippen molar-refractivity contribution in [2.75, 3.05) is 50.2 Å². The Kier molecular flexibility index (Phi) is 5.08. The molecule has 0 unspecified atom stereocenters. The van der Waals surface area contributed by atoms with Crippen LogP contribution in [-0.4, -0.2) is 55.0 Å². The Hall–Kier alpha value is -3.74. The highest BCUT2D eigenvalue weighted by atomic mass is 16.5. The Morgan fingerprint density at radius 1 is 0.774 bits per heavy atom. The smallest absolute Gasteiger partial charge is 0.161 e. The van der Waals surface area contributed by atoms with E-state index in [1.165, 1.54) is 5.69 Å². The lowest BCUT2D eigenvalue weighted by Crippen LogP contribution is -2.47. The first-order chi connectivity index (χ1) is 15.3. The monoisotopic (exact) mass is 415 g/mol. The van der Waals surface area contributed by atoms with Gasteiger partial charge >= 0.3 is 0 Å². The number of ether oxygens (including phenoxy) is 2. The Labute approximate surface area is 181 Å². The Bertz CT molecular complexity index is 1180. The minimum atomic E-state index is 0.707. The van der Waals surface area contributed by atoms with E-state index in [0.29, 0.717) is 11.5 Å². The first-order valence-corrected chi connectivity index (χ1v) is 10.4. The Morgan fingerprint density at radius 3 is 2.26 bits per heavy atom. The van der Waals surface area contributed by atoms with Crippen LogP contribution in [0.25, 0.3) is 16.6 Å². The van der Waals surface area contributed by atoms with Gasteiger partial charge in [-0.1, -0.05) is 24.3 Å². The SMILES string of the molecule is COc1ccc(-c2cc3c(N4CCN(c5ccccc5)CC4)ncnn3c2)cc1OC. The Balaban J connectivity index is 1.42. The van der Waals surface area contributed by atoms with E-state index in [1.54, 1.807) is 20.5 Å². The van der Waals surface area contributed by atoms with Crippen molar-refractivity contribution in [2.24, 2.45) is 0 Å². The van der Waals surface area contributed by atoms with Crippen molar-refractivity contribution in [1.82, 2.24) is 14.6 Å². The van der Waals surface area contributed by atoms with Gasteiger partial charge in [0.15, 0.2) is 17.3 Å². The molecule has 0 radical (unpaired) electrons. The molecule has 0 saturated carbocycles. The number of methoxy groups -OCH3 is 2. The van der Waals surface area contributed by atoms with Crippen molar-refractivity contribution in [2.45, 2.75) is 0 Å². The number of aromatic nitrogens is 3. The number of para-hydroxylation sites is 1. The predicted octanol–water partition coefficient (Wildman–Crippen LogP) is 3.74. The van der Waals surface area contributed by atoms with Crippen LogP contribution in [0.4, 0.5) is 11.5 Å². The average Bonchev–Trinajstić information content (AvgIpc) is 3.29. The summed E-state index contributed by atoms with van der Waals surface area (Å²) in [6, 6.07) is 18.6. The summed E-state index contributed by atoms with van der Waals surface area (Å²) in [5.41, 5.74) is 4.38. The zero-order valence-corrected chi connectivity index (χ0v) is 17.7. The van der Waals surface area contributed by atoms with Gasteiger partial charge in [-0.15, -0.1) is 0 Å². The summed E-state index contributed by atoms with van der Waals surface area (Å²) in [5.74, 6) is 2.39. The van der Waals surface area contributed by atoms with E-state index in [4.69, 9.17) is 9.47 Å². The van der Waals surface area contributed by atoms with Gasteiger partial charge in [0.2, 0.25) is 0 Å². The van der Waals surface area contributed by atoms with Gasteiger partial charge in [0, 0.05) is 43.6 Å². The standard InChI is InChI=1S/C24H25N5O2/c1-30-22-9-8-18(15-23(22)31-2)19-14-21-24(25-17-26-29(21)16-19)28-12-10-27(11-13-28)20-6-4-3-5-7-20/h3-9,14-17H,10-13H2,1-2H3. The third kappa shape index (κ3) is 3.63. The van der Waals surface area contributed by atoms with Crippen LogP contribution >= 0.6 is 0 Å². The van der Waals surface area contributed by atoms with Crippen LogP contribution < -0.4 is 19.3 Å². The zero-order valence-electron chi connectivity index (χ0n) is 17.7. The largest absolute Gasteiger partial charge is 0.493 e. The van der Waals surface area contributed by atoms with Crippen LogP contribution in [0.3, 0.4) is 0 Å². The van der Waals surface area contributed by atoms with Gasteiger partial charge in [-0.3, -0.25) is 0 Å². The molecule has 7 nitrogen and oxygen atoms in total. The van der Waals surface area contributed by atoms with Crippen LogP contribution in [0.15, 0.2) is 67.1 Å². The first-order valence-electron chi connectivity index (χ1n) is 10.4. The van der Waals surface area contributed by atoms with Crippen molar-refractivity contribution in [3.8, 4) is 22.6 Å². The summed E-state index contributed by atoms with van der Waals surface area (Å²) in [6.07, 6.45) is 3.66. The van der Waals surface area contributed by atoms with Gasteiger partial charge in [0.25, 0.3) is 0 Å². The molecule has 1 fully saturated rings. The fourth-order valence-corrected chi connectivity index (χ4v) is 4.15. The minimum Gasteiger partial charge on any atom is -0.493 e. The number of anilines is 2. The molecule has 0 spiro atoms. The molecule has 3 heterocycles. The van der Waals surface area contributed by atoms with E-state index in [0.717, 1.165) is 48.6 Å². The fraction of sp³-hybridized carbons (Fsp3) is 0.250. The number of piperazine rings is 1. The second kappa shape index (κ2) is 8.18. The van der Waals surface area contributed by atoms with Crippen LogP contribution in [0, 0.1) is 0 Å². The molecule has 1 saturated heterocycles. The van der Waals surface area contributed by atoms with E-state index < -0.39 is 0 Å². The molecule has 158 valence electrons. The van der Waals surface area contributed by atoms with Gasteiger partial charge in [-0.05, 0) is 35.9 Å². The first kappa shape index (κ1) is 19.2. The number of fused-ring (bicyclic) bond motifs is 1. The fourth-order valence-electron chi connectivity index (χ4n) is 4.15. The molecule has 31 heavy (non-hydrogen) atoms. The van der Waals surface area contributed by atoms with E-state index in [-0.39, 0.29) is 0 Å². The highest BCUT2D eigenvalue weighted by Gasteiger charge is 2.21. The third-order valence-corrected chi connectivity index (χ3v) is 5.80. The maximum atomic E-state index is 5.47. The van der Waals surface area contributed by atoms with Crippen LogP contribution in [0.1, 0.15) is 0 Å². The molecule has 4 aromatic rings. The molecule has 2 aromatic heterocycles. The molecule has 0 amide bonds. The van der Waals surface area contributed by atoms with E-state index >= 15 is 0 Å². The van der Waals surface area contributed by atoms with Gasteiger partial charge in [0.05, 0.1) is 14.2 Å². The summed E-state index contributed by atoms with van der Waals surface area (Å²) < 4.78 is 12.7. The summed E-state index contributed by atoms with van der Waals surface area (Å²) in [6.45, 7) is 3.75. The van der Waals surface area contributed by atoms with Crippen molar-refractivity contribution in [1.29, 1.82) is 0 Å². The molecular formula is C24H25N5O2. The van der Waals surface area contributed by atoms with Gasteiger partial charge in [-0.25, -0.2) is 9.50 Å². The lowest BCUT2D eigenvalue weighted by molar-refractivity contribution is 0.355. The number of hydrogen-bond acceptors (Lipinski definition) is 6. The average molecular weight is 415 g/mol. The van der Waals surface area contributed by atoms with Crippen LogP contribution in [0.5, 0.6) is 11.5 Å². The number of hydrogen-bond donors (Lipinski definition) is 0. The maximum Gasteiger partial charge on any atom is 0.161 e. The van der Waals surface area contributed by atoms with E-state index in [1.807, 2.05) is 28.9 Å². The molecular weight excluding hydrogens is 390 g/mol. The van der Waals surface area contributed by atoms with Gasteiger partial charge in [0.1, 0.15) is 11.8 Å². The topological polar surface area (TPSA) is 55.1 Å². The van der Waals surface area contributed by atoms with Crippen LogP contribution in [-0.2, 0) is 0 Å². The van der Waals surface area contributed by atoms with Crippen molar-refractivity contribution in [3.05, 3.63) is 67.1 Å². The molecule has 2 aromatic carbocycles. The summed E-state index contributed by atoms with van der Waals surface area (Å²) in [7, 11) is 3.29. The highest BCUT2D eigenvalue weighted by Crippen LogP contribution is 2.34. The number of nitrogens with zero attached hydrogens (tertiary/aromatic N) is 5. The molecule has 0 atom stereocenters. The van der Waals surface area contributed by atoms with E-state index in [9.17, 15) is 0 Å². The van der Waals surface area contributed by atoms with Crippen LogP contribution in [0.2, 0.25) is 0 Å². The Morgan fingerprint density at radius 2 is 1.52 bits per heavy atom. The molecule has 0 bridgehead atoms. The second-order valence-corrected chi connectivity index (χ2v) is 7.52. The number of benzene rings is 2. The summed E-state index contributed by atoms with van der Waals surface area (Å²) in [5, 5.41) is 4.43. The third-order valence-electron chi connectivity index (χ3n) is 5.80. The zero-order chi connectivity index (χ0) is 21.2. The molecule has 1 aliphatic rings. The van der Waals surface area contributed by atoms with Crippen molar-refractivity contribution in [3.63, 3.8) is 0 Å². The highest BCUT2D eigenvalue weighted by molar-refractivity contribution is 5.78. The predicted molar refractivity (Wildman–Crippen MR) is 122 cm³/mol. The molecule has 0 N–H and O–H groups in total. The molecule has 7 heteroatoms. The van der Waals surface area contributed by atoms with Crippen molar-refractivity contribution < 1.29 is 9.47 Å². The minimum absolute atomic E-state index is 0.707. The molecule has 0 aliphatic carbocycles. The lowest BCUT2D eigenvalue weighted by atomic mass is 10.1. The lowest BCUT2D eigenvalue weighted by Gasteiger charge is -2.36. The van der Waals surface area contributed by atoms with Gasteiger partial charge < -0.3 is 19.3 Å². The normalized spacial score (nSPS) is 14.1. The quantitative estimate of drug-likeness (QED) is 0.495. The van der Waals surface area contributed by atoms with Crippen molar-refractivity contribution >= 4 is 17.0 Å². The maximum absolute atomic E-state index is 5.47. The molecule has 5 rings (SSSR count). The summed E-state index contributed by atoms with van der Waals surface area (Å²) in [4.78, 5) is 9.39. The summed E-state index contributed by atoms with van der Waals surface area (Å²) >= 11 is 0. The van der Waals surface area contributed by atoms with E-state index in [2.05, 4.69) is 56.3 Å². The van der Waals surface area contributed by atoms with Gasteiger partial charge in [-0.2, -0.15) is 5.10 Å². The number of rotatable bonds is 5.